The molecule has 10 aromatic rings. The van der Waals surface area contributed by atoms with Crippen LogP contribution in [-0.4, -0.2) is 13.9 Å². The zero-order valence-corrected chi connectivity index (χ0v) is 32.7. The summed E-state index contributed by atoms with van der Waals surface area (Å²) < 4.78 is 75.7. The normalized spacial score (nSPS) is 12.2. The van der Waals surface area contributed by atoms with Gasteiger partial charge in [-0.05, 0) is 95.7 Å². The summed E-state index contributed by atoms with van der Waals surface area (Å²) in [6.07, 6.45) is 0. The highest BCUT2D eigenvalue weighted by molar-refractivity contribution is 7.88. The molecule has 10 rings (SSSR count). The fourth-order valence-electron chi connectivity index (χ4n) is 7.55. The number of rotatable bonds is 8. The van der Waals surface area contributed by atoms with E-state index >= 15 is 0 Å². The van der Waals surface area contributed by atoms with Crippen LogP contribution in [0.15, 0.2) is 176 Å². The van der Waals surface area contributed by atoms with Crippen LogP contribution in [0.5, 0.6) is 5.75 Å². The molecule has 11 heteroatoms. The zero-order chi connectivity index (χ0) is 39.6. The monoisotopic (exact) mass is 822 g/mol. The first-order valence-corrected chi connectivity index (χ1v) is 21.3. The van der Waals surface area contributed by atoms with Crippen LogP contribution in [0.2, 0.25) is 0 Å². The van der Waals surface area contributed by atoms with Crippen molar-refractivity contribution < 1.29 is 25.8 Å². The summed E-state index contributed by atoms with van der Waals surface area (Å²) in [4.78, 5) is 4.07. The highest BCUT2D eigenvalue weighted by atomic mass is 32.2. The summed E-state index contributed by atoms with van der Waals surface area (Å²) in [7, 11) is -6.01. The summed E-state index contributed by atoms with van der Waals surface area (Å²) in [6.45, 7) is 0. The Morgan fingerprint density at radius 2 is 0.983 bits per heavy atom. The lowest BCUT2D eigenvalue weighted by atomic mass is 10.1. The number of thiophene rings is 2. The van der Waals surface area contributed by atoms with Crippen LogP contribution in [0.1, 0.15) is 0 Å². The Labute approximate surface area is 339 Å². The van der Waals surface area contributed by atoms with Gasteiger partial charge in [-0.25, -0.2) is 0 Å². The molecule has 0 radical (unpaired) electrons. The van der Waals surface area contributed by atoms with Gasteiger partial charge in [-0.3, -0.25) is 0 Å². The van der Waals surface area contributed by atoms with Crippen molar-refractivity contribution in [2.75, 3.05) is 9.80 Å². The van der Waals surface area contributed by atoms with Crippen LogP contribution in [-0.2, 0) is 10.1 Å². The molecule has 5 nitrogen and oxygen atoms in total. The van der Waals surface area contributed by atoms with Gasteiger partial charge in [-0.1, -0.05) is 84.9 Å². The molecular weight excluding hydrogens is 794 g/mol. The number of hydrogen-bond donors (Lipinski definition) is 0. The topological polar surface area (TPSA) is 49.9 Å². The standard InChI is InChI=1S/C47H29F3N2O3S3/c48-47(49,50)58(53,54)55-37-28-41-40-26-35(51(32-13-3-1-4-14-32)34-20-19-30-11-7-8-12-31(30)25-34)21-24-45(40)57-46(41)42(29-37)52(33-15-5-2-6-16-33)36-22-23-44-39(27-36)38-17-9-10-18-43(38)56-44/h1-29H. The van der Waals surface area contributed by atoms with Crippen LogP contribution in [0.4, 0.5) is 47.3 Å². The van der Waals surface area contributed by atoms with Crippen LogP contribution >= 0.6 is 22.7 Å². The van der Waals surface area contributed by atoms with E-state index in [1.54, 1.807) is 11.3 Å². The van der Waals surface area contributed by atoms with Crippen molar-refractivity contribution >= 4 is 118 Å². The third-order valence-electron chi connectivity index (χ3n) is 10.1. The molecule has 58 heavy (non-hydrogen) atoms. The third kappa shape index (κ3) is 6.28. The second kappa shape index (κ2) is 13.9. The lowest BCUT2D eigenvalue weighted by molar-refractivity contribution is -0.0500. The van der Waals surface area contributed by atoms with Crippen molar-refractivity contribution in [1.29, 1.82) is 0 Å². The summed E-state index contributed by atoms with van der Waals surface area (Å²) in [5.41, 5.74) is -1.08. The van der Waals surface area contributed by atoms with E-state index < -0.39 is 21.4 Å². The first kappa shape index (κ1) is 36.0. The smallest absolute Gasteiger partial charge is 0.376 e. The average molecular weight is 823 g/mol. The number of hydrogen-bond acceptors (Lipinski definition) is 7. The second-order valence-electron chi connectivity index (χ2n) is 13.7. The minimum absolute atomic E-state index is 0.456. The van der Waals surface area contributed by atoms with E-state index in [9.17, 15) is 21.6 Å². The second-order valence-corrected chi connectivity index (χ2v) is 17.4. The van der Waals surface area contributed by atoms with Gasteiger partial charge >= 0.3 is 15.6 Å². The van der Waals surface area contributed by atoms with E-state index in [1.807, 2.05) is 120 Å². The highest BCUT2D eigenvalue weighted by Gasteiger charge is 2.48. The van der Waals surface area contributed by atoms with E-state index in [1.165, 1.54) is 23.5 Å². The minimum Gasteiger partial charge on any atom is -0.376 e. The summed E-state index contributed by atoms with van der Waals surface area (Å²) >= 11 is 3.15. The predicted octanol–water partition coefficient (Wildman–Crippen LogP) is 14.7. The number of benzene rings is 8. The molecule has 2 aromatic heterocycles. The molecule has 284 valence electrons. The van der Waals surface area contributed by atoms with Gasteiger partial charge in [-0.15, -0.1) is 22.7 Å². The number of anilines is 6. The van der Waals surface area contributed by atoms with Gasteiger partial charge in [0, 0.05) is 70.1 Å². The van der Waals surface area contributed by atoms with E-state index in [0.29, 0.717) is 11.1 Å². The number of fused-ring (bicyclic) bond motifs is 7. The molecular formula is C47H29F3N2O3S3. The quantitative estimate of drug-likeness (QED) is 0.113. The van der Waals surface area contributed by atoms with Crippen molar-refractivity contribution in [3.63, 3.8) is 0 Å². The van der Waals surface area contributed by atoms with E-state index in [2.05, 4.69) is 53.4 Å². The van der Waals surface area contributed by atoms with Crippen molar-refractivity contribution in [2.45, 2.75) is 5.51 Å². The Morgan fingerprint density at radius 1 is 0.448 bits per heavy atom. The van der Waals surface area contributed by atoms with Gasteiger partial charge in [-0.2, -0.15) is 21.6 Å². The molecule has 0 saturated heterocycles. The maximum atomic E-state index is 13.9. The fourth-order valence-corrected chi connectivity index (χ4v) is 10.2. The van der Waals surface area contributed by atoms with Gasteiger partial charge in [0.15, 0.2) is 0 Å². The number of nitrogens with zero attached hydrogens (tertiary/aromatic N) is 2. The molecule has 8 aromatic carbocycles. The molecule has 0 unspecified atom stereocenters. The molecule has 0 fully saturated rings. The summed E-state index contributed by atoms with van der Waals surface area (Å²) in [5.74, 6) is -0.456. The van der Waals surface area contributed by atoms with Crippen molar-refractivity contribution in [3.05, 3.63) is 176 Å². The number of halogens is 3. The van der Waals surface area contributed by atoms with Gasteiger partial charge in [0.1, 0.15) is 5.75 Å². The van der Waals surface area contributed by atoms with Crippen LogP contribution in [0.25, 0.3) is 51.1 Å². The van der Waals surface area contributed by atoms with E-state index in [4.69, 9.17) is 4.18 Å². The van der Waals surface area contributed by atoms with Crippen molar-refractivity contribution in [1.82, 2.24) is 0 Å². The predicted molar refractivity (Wildman–Crippen MR) is 235 cm³/mol. The molecule has 0 bridgehead atoms. The molecule has 0 aliphatic carbocycles. The average Bonchev–Trinajstić information content (AvgIpc) is 3.79. The van der Waals surface area contributed by atoms with Gasteiger partial charge in [0.05, 0.1) is 10.4 Å². The van der Waals surface area contributed by atoms with E-state index in [0.717, 1.165) is 74.2 Å². The van der Waals surface area contributed by atoms with Crippen LogP contribution in [0, 0.1) is 0 Å². The lowest BCUT2D eigenvalue weighted by Gasteiger charge is -2.27. The lowest BCUT2D eigenvalue weighted by Crippen LogP contribution is -2.28. The fraction of sp³-hybridized carbons (Fsp3) is 0.0213. The Balaban J connectivity index is 1.22. The zero-order valence-electron chi connectivity index (χ0n) is 30.2. The van der Waals surface area contributed by atoms with Gasteiger partial charge < -0.3 is 14.0 Å². The Bertz CT molecular complexity index is 3290. The molecule has 0 aliphatic heterocycles. The maximum absolute atomic E-state index is 13.9. The molecule has 0 spiro atoms. The van der Waals surface area contributed by atoms with Crippen molar-refractivity contribution in [3.8, 4) is 5.75 Å². The minimum atomic E-state index is -6.01. The third-order valence-corrected chi connectivity index (χ3v) is 13.5. The summed E-state index contributed by atoms with van der Waals surface area (Å²) in [5, 5.41) is 5.54. The van der Waals surface area contributed by atoms with Gasteiger partial charge in [0.2, 0.25) is 0 Å². The van der Waals surface area contributed by atoms with Crippen molar-refractivity contribution in [2.24, 2.45) is 0 Å². The Kier molecular flexibility index (Phi) is 8.63. The Hall–Kier alpha value is -6.40. The number of para-hydroxylation sites is 2. The highest BCUT2D eigenvalue weighted by Crippen LogP contribution is 2.50. The molecule has 0 saturated carbocycles. The SMILES string of the molecule is O=S(=O)(Oc1cc(N(c2ccccc2)c2ccc3sc4ccccc4c3c2)c2sc3ccc(N(c4ccccc4)c4ccc5ccccc5c4)cc3c2c1)C(F)(F)F. The molecule has 0 atom stereocenters. The molecule has 0 amide bonds. The Morgan fingerprint density at radius 3 is 1.69 bits per heavy atom. The van der Waals surface area contributed by atoms with Crippen LogP contribution < -0.4 is 14.0 Å². The number of alkyl halides is 3. The molecule has 0 aliphatic rings. The molecule has 2 heterocycles. The van der Waals surface area contributed by atoms with Crippen LogP contribution in [0.3, 0.4) is 0 Å². The maximum Gasteiger partial charge on any atom is 0.534 e. The summed E-state index contributed by atoms with van der Waals surface area (Å²) in [6, 6.07) is 56.8. The first-order chi connectivity index (χ1) is 28.1. The van der Waals surface area contributed by atoms with Gasteiger partial charge in [0.25, 0.3) is 0 Å². The van der Waals surface area contributed by atoms with E-state index in [-0.39, 0.29) is 0 Å². The first-order valence-electron chi connectivity index (χ1n) is 18.2. The molecule has 0 N–H and O–H groups in total. The largest absolute Gasteiger partial charge is 0.534 e.